The Bertz CT molecular complexity index is 851. The van der Waals surface area contributed by atoms with E-state index < -0.39 is 11.7 Å². The zero-order valence-corrected chi connectivity index (χ0v) is 13.7. The quantitative estimate of drug-likeness (QED) is 0.659. The van der Waals surface area contributed by atoms with Crippen LogP contribution >= 0.6 is 11.6 Å². The fourth-order valence-corrected chi connectivity index (χ4v) is 2.39. The van der Waals surface area contributed by atoms with Crippen molar-refractivity contribution in [3.05, 3.63) is 65.5 Å². The van der Waals surface area contributed by atoms with Crippen molar-refractivity contribution in [1.82, 2.24) is 25.1 Å². The minimum absolute atomic E-state index is 0.0742. The lowest BCUT2D eigenvalue weighted by atomic mass is 10.2. The first-order chi connectivity index (χ1) is 12.1. The highest BCUT2D eigenvalue weighted by Crippen LogP contribution is 2.18. The van der Waals surface area contributed by atoms with Gasteiger partial charge >= 0.3 is 0 Å². The van der Waals surface area contributed by atoms with Crippen LogP contribution in [-0.4, -0.2) is 38.7 Å². The average Bonchev–Trinajstić information content (AvgIpc) is 3.13. The molecular formula is C16H14ClFN6O. The Kier molecular flexibility index (Phi) is 5.20. The fraction of sp³-hybridized carbons (Fsp3) is 0.125. The van der Waals surface area contributed by atoms with Crippen LogP contribution in [-0.2, 0) is 0 Å². The monoisotopic (exact) mass is 360 g/mol. The molecule has 2 heterocycles. The van der Waals surface area contributed by atoms with Crippen molar-refractivity contribution in [2.75, 3.05) is 18.4 Å². The van der Waals surface area contributed by atoms with Crippen LogP contribution in [0.3, 0.4) is 0 Å². The normalized spacial score (nSPS) is 10.5. The molecule has 1 amide bonds. The van der Waals surface area contributed by atoms with Gasteiger partial charge in [-0.1, -0.05) is 17.7 Å². The number of aromatic nitrogens is 4. The van der Waals surface area contributed by atoms with E-state index in [1.807, 2.05) is 0 Å². The number of carbonyl (C=O) groups is 1. The third kappa shape index (κ3) is 4.10. The van der Waals surface area contributed by atoms with Gasteiger partial charge in [-0.2, -0.15) is 5.10 Å². The van der Waals surface area contributed by atoms with E-state index in [0.29, 0.717) is 18.2 Å². The molecule has 7 nitrogen and oxygen atoms in total. The van der Waals surface area contributed by atoms with Crippen LogP contribution in [0.4, 0.5) is 10.2 Å². The molecule has 9 heteroatoms. The Morgan fingerprint density at radius 2 is 2.12 bits per heavy atom. The van der Waals surface area contributed by atoms with Crippen molar-refractivity contribution in [2.45, 2.75) is 0 Å². The van der Waals surface area contributed by atoms with Crippen molar-refractivity contribution in [3.8, 4) is 5.82 Å². The smallest absolute Gasteiger partial charge is 0.255 e. The molecule has 1 aromatic carbocycles. The summed E-state index contributed by atoms with van der Waals surface area (Å²) in [7, 11) is 0. The summed E-state index contributed by atoms with van der Waals surface area (Å²) in [5.74, 6) is -0.0224. The first kappa shape index (κ1) is 16.8. The third-order valence-electron chi connectivity index (χ3n) is 3.30. The maximum absolute atomic E-state index is 13.7. The second-order valence-corrected chi connectivity index (χ2v) is 5.40. The van der Waals surface area contributed by atoms with E-state index >= 15 is 0 Å². The van der Waals surface area contributed by atoms with E-state index in [-0.39, 0.29) is 17.1 Å². The summed E-state index contributed by atoms with van der Waals surface area (Å²) >= 11 is 5.86. The van der Waals surface area contributed by atoms with Gasteiger partial charge in [0.1, 0.15) is 18.0 Å². The Hall–Kier alpha value is -3.00. The van der Waals surface area contributed by atoms with Gasteiger partial charge in [0.05, 0.1) is 10.6 Å². The van der Waals surface area contributed by atoms with Crippen LogP contribution in [0.15, 0.2) is 49.1 Å². The molecule has 0 aliphatic heterocycles. The number of anilines is 1. The van der Waals surface area contributed by atoms with Gasteiger partial charge < -0.3 is 10.6 Å². The first-order valence-electron chi connectivity index (χ1n) is 7.43. The van der Waals surface area contributed by atoms with Crippen LogP contribution in [0.1, 0.15) is 10.4 Å². The lowest BCUT2D eigenvalue weighted by Crippen LogP contribution is -2.29. The number of rotatable bonds is 6. The maximum atomic E-state index is 13.7. The molecular weight excluding hydrogens is 347 g/mol. The zero-order chi connectivity index (χ0) is 17.6. The number of carbonyl (C=O) groups excluding carboxylic acids is 1. The van der Waals surface area contributed by atoms with Gasteiger partial charge in [0, 0.05) is 31.5 Å². The van der Waals surface area contributed by atoms with Gasteiger partial charge in [0.25, 0.3) is 5.91 Å². The summed E-state index contributed by atoms with van der Waals surface area (Å²) in [5, 5.41) is 9.82. The molecule has 3 aromatic rings. The molecule has 25 heavy (non-hydrogen) atoms. The van der Waals surface area contributed by atoms with Crippen LogP contribution in [0, 0.1) is 5.82 Å². The van der Waals surface area contributed by atoms with Crippen molar-refractivity contribution >= 4 is 23.3 Å². The summed E-state index contributed by atoms with van der Waals surface area (Å²) in [5.41, 5.74) is -0.160. The van der Waals surface area contributed by atoms with Gasteiger partial charge in [0.2, 0.25) is 0 Å². The predicted octanol–water partition coefficient (Wildman–Crippen LogP) is 2.30. The Morgan fingerprint density at radius 3 is 2.88 bits per heavy atom. The van der Waals surface area contributed by atoms with Gasteiger partial charge in [-0.25, -0.2) is 19.0 Å². The molecule has 0 atom stereocenters. The van der Waals surface area contributed by atoms with E-state index in [4.69, 9.17) is 11.6 Å². The molecule has 0 fully saturated rings. The predicted molar refractivity (Wildman–Crippen MR) is 91.4 cm³/mol. The van der Waals surface area contributed by atoms with Gasteiger partial charge in [-0.3, -0.25) is 4.79 Å². The number of nitrogens with one attached hydrogen (secondary N) is 2. The molecule has 128 valence electrons. The summed E-state index contributed by atoms with van der Waals surface area (Å²) in [6.07, 6.45) is 4.83. The van der Waals surface area contributed by atoms with Crippen molar-refractivity contribution in [3.63, 3.8) is 0 Å². The van der Waals surface area contributed by atoms with E-state index in [1.54, 1.807) is 29.2 Å². The number of halogens is 2. The van der Waals surface area contributed by atoms with Crippen molar-refractivity contribution < 1.29 is 9.18 Å². The molecule has 0 saturated carbocycles. The molecule has 0 unspecified atom stereocenters. The molecule has 2 aromatic heterocycles. The zero-order valence-electron chi connectivity index (χ0n) is 13.0. The largest absolute Gasteiger partial charge is 0.368 e. The Balaban J connectivity index is 1.54. The second-order valence-electron chi connectivity index (χ2n) is 4.99. The SMILES string of the molecule is O=C(NCCNc1cc(-n2cccn2)ncn1)c1c(F)cccc1Cl. The summed E-state index contributed by atoms with van der Waals surface area (Å²) < 4.78 is 15.3. The van der Waals surface area contributed by atoms with E-state index in [1.165, 1.54) is 24.5 Å². The summed E-state index contributed by atoms with van der Waals surface area (Å²) in [6, 6.07) is 7.62. The molecule has 0 aliphatic carbocycles. The molecule has 3 rings (SSSR count). The second kappa shape index (κ2) is 7.71. The highest BCUT2D eigenvalue weighted by atomic mass is 35.5. The van der Waals surface area contributed by atoms with Gasteiger partial charge in [-0.15, -0.1) is 0 Å². The number of hydrogen-bond donors (Lipinski definition) is 2. The number of nitrogens with zero attached hydrogens (tertiary/aromatic N) is 4. The first-order valence-corrected chi connectivity index (χ1v) is 7.81. The minimum atomic E-state index is -0.655. The average molecular weight is 361 g/mol. The Morgan fingerprint density at radius 1 is 1.24 bits per heavy atom. The maximum Gasteiger partial charge on any atom is 0.255 e. The Labute approximate surface area is 147 Å². The number of hydrogen-bond acceptors (Lipinski definition) is 5. The molecule has 2 N–H and O–H groups in total. The summed E-state index contributed by atoms with van der Waals surface area (Å²) in [4.78, 5) is 20.2. The number of amides is 1. The molecule has 0 aliphatic rings. The summed E-state index contributed by atoms with van der Waals surface area (Å²) in [6.45, 7) is 0.665. The molecule has 0 radical (unpaired) electrons. The molecule has 0 saturated heterocycles. The topological polar surface area (TPSA) is 84.7 Å². The molecule has 0 bridgehead atoms. The van der Waals surface area contributed by atoms with Crippen LogP contribution in [0.25, 0.3) is 5.82 Å². The minimum Gasteiger partial charge on any atom is -0.368 e. The van der Waals surface area contributed by atoms with Gasteiger partial charge in [0.15, 0.2) is 5.82 Å². The molecule has 0 spiro atoms. The number of benzene rings is 1. The van der Waals surface area contributed by atoms with Crippen LogP contribution in [0.5, 0.6) is 0 Å². The van der Waals surface area contributed by atoms with E-state index in [0.717, 1.165) is 0 Å². The van der Waals surface area contributed by atoms with Gasteiger partial charge in [-0.05, 0) is 18.2 Å². The van der Waals surface area contributed by atoms with Crippen LogP contribution in [0.2, 0.25) is 5.02 Å². The highest BCUT2D eigenvalue weighted by Gasteiger charge is 2.14. The fourth-order valence-electron chi connectivity index (χ4n) is 2.14. The lowest BCUT2D eigenvalue weighted by Gasteiger charge is -2.09. The van der Waals surface area contributed by atoms with E-state index in [9.17, 15) is 9.18 Å². The lowest BCUT2D eigenvalue weighted by molar-refractivity contribution is 0.0951. The third-order valence-corrected chi connectivity index (χ3v) is 3.61. The van der Waals surface area contributed by atoms with Crippen molar-refractivity contribution in [2.24, 2.45) is 0 Å². The highest BCUT2D eigenvalue weighted by molar-refractivity contribution is 6.33. The van der Waals surface area contributed by atoms with Crippen molar-refractivity contribution in [1.29, 1.82) is 0 Å². The standard InChI is InChI=1S/C16H14ClFN6O/c17-11-3-1-4-12(18)15(11)16(25)20-7-6-19-13-9-14(22-10-21-13)24-8-2-5-23-24/h1-5,8-10H,6-7H2,(H,20,25)(H,19,21,22). The van der Waals surface area contributed by atoms with Crippen LogP contribution < -0.4 is 10.6 Å². The van der Waals surface area contributed by atoms with E-state index in [2.05, 4.69) is 25.7 Å².